The minimum atomic E-state index is -1.04. The number of methoxy groups -OCH3 is 1. The van der Waals surface area contributed by atoms with Crippen LogP contribution in [0.4, 0.5) is 4.39 Å². The molecular weight excluding hydrogens is 341 g/mol. The van der Waals surface area contributed by atoms with Gasteiger partial charge in [-0.15, -0.1) is 0 Å². The molecule has 0 aromatic rings. The Balaban J connectivity index is 1.55. The zero-order valence-electron chi connectivity index (χ0n) is 15.5. The van der Waals surface area contributed by atoms with Crippen molar-refractivity contribution in [2.24, 2.45) is 11.8 Å². The molecule has 3 rings (SSSR count). The monoisotopic (exact) mass is 371 g/mol. The van der Waals surface area contributed by atoms with Crippen molar-refractivity contribution in [3.05, 3.63) is 0 Å². The lowest BCUT2D eigenvalue weighted by Gasteiger charge is -2.39. The van der Waals surface area contributed by atoms with Gasteiger partial charge in [-0.25, -0.2) is 15.2 Å². The van der Waals surface area contributed by atoms with Crippen LogP contribution in [0, 0.1) is 11.8 Å². The molecule has 4 N–H and O–H groups in total. The van der Waals surface area contributed by atoms with Crippen LogP contribution in [0.25, 0.3) is 0 Å². The van der Waals surface area contributed by atoms with E-state index in [4.69, 9.17) is 4.74 Å². The van der Waals surface area contributed by atoms with Crippen LogP contribution >= 0.6 is 0 Å². The van der Waals surface area contributed by atoms with Crippen molar-refractivity contribution in [2.45, 2.75) is 57.0 Å². The van der Waals surface area contributed by atoms with E-state index in [1.54, 1.807) is 0 Å². The molecule has 8 nitrogen and oxygen atoms in total. The summed E-state index contributed by atoms with van der Waals surface area (Å²) in [6, 6.07) is -0.764. The average molecular weight is 371 g/mol. The zero-order chi connectivity index (χ0) is 18.7. The van der Waals surface area contributed by atoms with E-state index < -0.39 is 24.1 Å². The Morgan fingerprint density at radius 2 is 2.04 bits per heavy atom. The third kappa shape index (κ3) is 4.33. The van der Waals surface area contributed by atoms with E-state index >= 15 is 0 Å². The van der Waals surface area contributed by atoms with Gasteiger partial charge in [-0.1, -0.05) is 6.92 Å². The second-order valence-corrected chi connectivity index (χ2v) is 7.61. The number of rotatable bonds is 4. The van der Waals surface area contributed by atoms with Gasteiger partial charge >= 0.3 is 5.97 Å². The smallest absolute Gasteiger partial charge is 0.310 e. The van der Waals surface area contributed by atoms with Gasteiger partial charge in [0.15, 0.2) is 0 Å². The third-order valence-electron chi connectivity index (χ3n) is 5.80. The van der Waals surface area contributed by atoms with Crippen LogP contribution in [0.1, 0.15) is 32.6 Å². The average Bonchev–Trinajstić information content (AvgIpc) is 3.17. The van der Waals surface area contributed by atoms with Crippen LogP contribution in [-0.2, 0) is 14.3 Å². The van der Waals surface area contributed by atoms with Gasteiger partial charge in [0.05, 0.1) is 19.2 Å². The van der Waals surface area contributed by atoms with Gasteiger partial charge in [0.2, 0.25) is 5.91 Å². The fourth-order valence-corrected chi connectivity index (χ4v) is 4.29. The first-order chi connectivity index (χ1) is 12.5. The molecule has 26 heavy (non-hydrogen) atoms. The Kier molecular flexibility index (Phi) is 6.44. The van der Waals surface area contributed by atoms with Crippen molar-refractivity contribution in [1.82, 2.24) is 26.4 Å². The maximum Gasteiger partial charge on any atom is 0.310 e. The first kappa shape index (κ1) is 19.5. The summed E-state index contributed by atoms with van der Waals surface area (Å²) in [5.41, 5.74) is 6.31. The number of nitrogens with zero attached hydrogens (tertiary/aromatic N) is 1. The maximum absolute atomic E-state index is 13.9. The van der Waals surface area contributed by atoms with E-state index in [1.807, 2.05) is 6.92 Å². The highest BCUT2D eigenvalue weighted by Gasteiger charge is 2.42. The van der Waals surface area contributed by atoms with Gasteiger partial charge < -0.3 is 15.4 Å². The van der Waals surface area contributed by atoms with Crippen LogP contribution in [0.5, 0.6) is 0 Å². The van der Waals surface area contributed by atoms with Gasteiger partial charge in [-0.2, -0.15) is 0 Å². The highest BCUT2D eigenvalue weighted by atomic mass is 19.1. The summed E-state index contributed by atoms with van der Waals surface area (Å²) in [6.07, 6.45) is 1.18. The van der Waals surface area contributed by atoms with Gasteiger partial charge in [-0.3, -0.25) is 14.5 Å². The lowest BCUT2D eigenvalue weighted by molar-refractivity contribution is -0.150. The number of carbonyl (C=O) groups excluding carboxylic acids is 2. The third-order valence-corrected chi connectivity index (χ3v) is 5.80. The largest absolute Gasteiger partial charge is 0.469 e. The molecule has 0 bridgehead atoms. The Bertz CT molecular complexity index is 509. The molecule has 1 amide bonds. The molecule has 1 aliphatic carbocycles. The Labute approximate surface area is 153 Å². The van der Waals surface area contributed by atoms with E-state index in [0.29, 0.717) is 12.8 Å². The Morgan fingerprint density at radius 1 is 1.23 bits per heavy atom. The van der Waals surface area contributed by atoms with Gasteiger partial charge in [0, 0.05) is 25.8 Å². The normalized spacial score (nSPS) is 38.7. The molecule has 0 spiro atoms. The summed E-state index contributed by atoms with van der Waals surface area (Å²) in [7, 11) is 1.30. The van der Waals surface area contributed by atoms with E-state index in [9.17, 15) is 14.0 Å². The first-order valence-electron chi connectivity index (χ1n) is 9.47. The molecule has 6 unspecified atom stereocenters. The molecule has 2 aliphatic heterocycles. The lowest BCUT2D eigenvalue weighted by atomic mass is 9.76. The number of halogens is 1. The highest BCUT2D eigenvalue weighted by Crippen LogP contribution is 2.32. The molecule has 2 saturated heterocycles. The maximum atomic E-state index is 13.9. The van der Waals surface area contributed by atoms with Gasteiger partial charge in [0.1, 0.15) is 12.2 Å². The lowest BCUT2D eigenvalue weighted by Crippen LogP contribution is -2.63. The molecule has 3 aliphatic rings. The van der Waals surface area contributed by atoms with Crippen molar-refractivity contribution in [3.8, 4) is 0 Å². The predicted octanol–water partition coefficient (Wildman–Crippen LogP) is -0.526. The molecular formula is C17H30FN5O3. The fraction of sp³-hybridized carbons (Fsp3) is 0.882. The fourth-order valence-electron chi connectivity index (χ4n) is 4.29. The summed E-state index contributed by atoms with van der Waals surface area (Å²) in [4.78, 5) is 27.0. The summed E-state index contributed by atoms with van der Waals surface area (Å²) in [5.74, 6) is -1.37. The minimum absolute atomic E-state index is 0.0995. The summed E-state index contributed by atoms with van der Waals surface area (Å²) in [6.45, 7) is 4.68. The van der Waals surface area contributed by atoms with Gasteiger partial charge in [0.25, 0.3) is 0 Å². The number of amides is 1. The van der Waals surface area contributed by atoms with E-state index in [1.165, 1.54) is 7.11 Å². The number of hydrazine groups is 1. The molecule has 0 aromatic carbocycles. The number of alkyl halides is 1. The molecule has 0 aromatic heterocycles. The van der Waals surface area contributed by atoms with E-state index in [2.05, 4.69) is 26.4 Å². The zero-order valence-corrected chi connectivity index (χ0v) is 15.5. The number of nitrogens with one attached hydrogen (secondary N) is 4. The number of hydrogen-bond donors (Lipinski definition) is 4. The quantitative estimate of drug-likeness (QED) is 0.494. The summed E-state index contributed by atoms with van der Waals surface area (Å²) >= 11 is 0. The van der Waals surface area contributed by atoms with E-state index in [0.717, 1.165) is 26.2 Å². The first-order valence-corrected chi connectivity index (χ1v) is 9.47. The van der Waals surface area contributed by atoms with Crippen molar-refractivity contribution in [3.63, 3.8) is 0 Å². The summed E-state index contributed by atoms with van der Waals surface area (Å²) in [5, 5.41) is 6.27. The molecule has 6 atom stereocenters. The van der Waals surface area contributed by atoms with Crippen LogP contribution in [0.3, 0.4) is 0 Å². The molecule has 1 saturated carbocycles. The van der Waals surface area contributed by atoms with Crippen LogP contribution < -0.4 is 21.5 Å². The molecule has 3 fully saturated rings. The Hall–Kier alpha value is -1.29. The van der Waals surface area contributed by atoms with Crippen molar-refractivity contribution < 1.29 is 18.7 Å². The SMILES string of the molecule is COC(=O)C1CC(F)CC(C)C1NC(=O)C1CCC(N2CCNC2)NN1. The number of hydrogen-bond acceptors (Lipinski definition) is 7. The Morgan fingerprint density at radius 3 is 2.65 bits per heavy atom. The highest BCUT2D eigenvalue weighted by molar-refractivity contribution is 5.83. The predicted molar refractivity (Wildman–Crippen MR) is 93.4 cm³/mol. The van der Waals surface area contributed by atoms with Crippen molar-refractivity contribution in [1.29, 1.82) is 0 Å². The second-order valence-electron chi connectivity index (χ2n) is 7.61. The van der Waals surface area contributed by atoms with Crippen LogP contribution in [0.15, 0.2) is 0 Å². The molecule has 9 heteroatoms. The molecule has 2 heterocycles. The van der Waals surface area contributed by atoms with Crippen molar-refractivity contribution in [2.75, 3.05) is 26.9 Å². The second kappa shape index (κ2) is 8.60. The van der Waals surface area contributed by atoms with Crippen molar-refractivity contribution >= 4 is 11.9 Å². The van der Waals surface area contributed by atoms with Crippen LogP contribution in [0.2, 0.25) is 0 Å². The summed E-state index contributed by atoms with van der Waals surface area (Å²) < 4.78 is 18.7. The number of esters is 1. The minimum Gasteiger partial charge on any atom is -0.469 e. The molecule has 148 valence electrons. The number of carbonyl (C=O) groups is 2. The topological polar surface area (TPSA) is 94.7 Å². The van der Waals surface area contributed by atoms with E-state index in [-0.39, 0.29) is 30.5 Å². The standard InChI is InChI=1S/C17H30FN5O3/c1-10-7-11(18)8-12(17(25)26-2)15(10)20-16(24)13-3-4-14(22-21-13)23-6-5-19-9-23/h10-15,19,21-22H,3-9H2,1-2H3,(H,20,24). The van der Waals surface area contributed by atoms with Gasteiger partial charge in [-0.05, 0) is 31.6 Å². The molecule has 0 radical (unpaired) electrons. The van der Waals surface area contributed by atoms with Crippen LogP contribution in [-0.4, -0.2) is 68.1 Å². The number of ether oxygens (including phenoxy) is 1.